The topological polar surface area (TPSA) is 103 Å². The smallest absolute Gasteiger partial charge is 0.142 e. The quantitative estimate of drug-likeness (QED) is 0.550. The average Bonchev–Trinajstić information content (AvgIpc) is 2.79. The summed E-state index contributed by atoms with van der Waals surface area (Å²) < 4.78 is 11.4. The van der Waals surface area contributed by atoms with Crippen LogP contribution in [0.25, 0.3) is 0 Å². The Balaban J connectivity index is 1.60. The summed E-state index contributed by atoms with van der Waals surface area (Å²) in [5, 5.41) is 40.6. The van der Waals surface area contributed by atoms with E-state index in [2.05, 4.69) is 17.9 Å². The summed E-state index contributed by atoms with van der Waals surface area (Å²) >= 11 is 6.46. The van der Waals surface area contributed by atoms with Crippen molar-refractivity contribution in [3.8, 4) is 5.75 Å². The highest BCUT2D eigenvalue weighted by atomic mass is 35.5. The van der Waals surface area contributed by atoms with Crippen LogP contribution in [0.5, 0.6) is 5.75 Å². The molecule has 2 heterocycles. The van der Waals surface area contributed by atoms with E-state index in [9.17, 15) is 20.4 Å². The molecule has 4 N–H and O–H groups in total. The molecule has 168 valence electrons. The number of aliphatic hydroxyl groups excluding tert-OH is 4. The number of halogens is 1. The minimum Gasteiger partial charge on any atom is -0.490 e. The van der Waals surface area contributed by atoms with E-state index in [1.54, 1.807) is 12.1 Å². The molecule has 0 bridgehead atoms. The Morgan fingerprint density at radius 3 is 2.61 bits per heavy atom. The first-order chi connectivity index (χ1) is 14.9. The maximum absolute atomic E-state index is 10.4. The van der Waals surface area contributed by atoms with E-state index in [1.807, 2.05) is 18.2 Å². The lowest BCUT2D eigenvalue weighted by molar-refractivity contribution is -0.231. The summed E-state index contributed by atoms with van der Waals surface area (Å²) in [6.07, 6.45) is -5.42. The van der Waals surface area contributed by atoms with Crippen molar-refractivity contribution >= 4 is 17.3 Å². The molecule has 1 saturated heterocycles. The van der Waals surface area contributed by atoms with Gasteiger partial charge in [0.25, 0.3) is 0 Å². The number of hydrogen-bond acceptors (Lipinski definition) is 7. The van der Waals surface area contributed by atoms with Gasteiger partial charge in [0.15, 0.2) is 0 Å². The fourth-order valence-electron chi connectivity index (χ4n) is 4.26. The summed E-state index contributed by atoms with van der Waals surface area (Å²) in [5.41, 5.74) is 3.59. The van der Waals surface area contributed by atoms with Gasteiger partial charge in [-0.2, -0.15) is 0 Å². The highest BCUT2D eigenvalue weighted by Gasteiger charge is 2.44. The zero-order valence-corrected chi connectivity index (χ0v) is 18.1. The summed E-state index contributed by atoms with van der Waals surface area (Å²) in [6.45, 7) is 4.07. The number of benzene rings is 2. The second-order valence-corrected chi connectivity index (χ2v) is 8.41. The molecular weight excluding hydrogens is 422 g/mol. The highest BCUT2D eigenvalue weighted by molar-refractivity contribution is 6.31. The van der Waals surface area contributed by atoms with Gasteiger partial charge in [-0.15, -0.1) is 0 Å². The minimum absolute atomic E-state index is 0.465. The van der Waals surface area contributed by atoms with E-state index in [0.717, 1.165) is 35.7 Å². The van der Waals surface area contributed by atoms with Crippen molar-refractivity contribution in [1.82, 2.24) is 0 Å². The predicted molar refractivity (Wildman–Crippen MR) is 117 cm³/mol. The van der Waals surface area contributed by atoms with Crippen LogP contribution < -0.4 is 9.64 Å². The number of ether oxygens (including phenoxy) is 2. The Bertz CT molecular complexity index is 923. The van der Waals surface area contributed by atoms with Crippen LogP contribution >= 0.6 is 11.6 Å². The van der Waals surface area contributed by atoms with Crippen LogP contribution in [0.15, 0.2) is 36.4 Å². The summed E-state index contributed by atoms with van der Waals surface area (Å²) in [5.74, 6) is 0.873. The Morgan fingerprint density at radius 2 is 1.87 bits per heavy atom. The zero-order valence-electron chi connectivity index (χ0n) is 17.3. The molecule has 0 saturated carbocycles. The number of hydrogen-bond donors (Lipinski definition) is 4. The number of likely N-dealkylation sites (N-methyl/N-ethyl adjacent to an activating group) is 1. The van der Waals surface area contributed by atoms with Gasteiger partial charge in [-0.3, -0.25) is 0 Å². The van der Waals surface area contributed by atoms with Crippen molar-refractivity contribution < 1.29 is 29.9 Å². The van der Waals surface area contributed by atoms with Gasteiger partial charge < -0.3 is 34.8 Å². The average molecular weight is 450 g/mol. The van der Waals surface area contributed by atoms with Crippen molar-refractivity contribution in [3.05, 3.63) is 58.1 Å². The van der Waals surface area contributed by atoms with Crippen molar-refractivity contribution in [2.45, 2.75) is 43.9 Å². The lowest BCUT2D eigenvalue weighted by atomic mass is 9.90. The number of fused-ring (bicyclic) bond motifs is 1. The molecule has 31 heavy (non-hydrogen) atoms. The first-order valence-electron chi connectivity index (χ1n) is 10.5. The third-order valence-corrected chi connectivity index (χ3v) is 6.42. The van der Waals surface area contributed by atoms with Gasteiger partial charge in [-0.1, -0.05) is 29.8 Å². The fourth-order valence-corrected chi connectivity index (χ4v) is 4.45. The lowest BCUT2D eigenvalue weighted by Gasteiger charge is -2.40. The normalized spacial score (nSPS) is 28.2. The summed E-state index contributed by atoms with van der Waals surface area (Å²) in [6, 6.07) is 11.4. The van der Waals surface area contributed by atoms with E-state index in [1.165, 1.54) is 0 Å². The van der Waals surface area contributed by atoms with Crippen molar-refractivity contribution in [1.29, 1.82) is 0 Å². The van der Waals surface area contributed by atoms with E-state index in [4.69, 9.17) is 21.1 Å². The molecule has 8 heteroatoms. The minimum atomic E-state index is -1.42. The van der Waals surface area contributed by atoms with E-state index < -0.39 is 37.1 Å². The van der Waals surface area contributed by atoms with Gasteiger partial charge in [0.2, 0.25) is 0 Å². The van der Waals surface area contributed by atoms with E-state index >= 15 is 0 Å². The number of nitrogens with zero attached hydrogens (tertiary/aromatic N) is 1. The molecule has 0 amide bonds. The second-order valence-electron chi connectivity index (χ2n) is 8.01. The molecule has 7 nitrogen and oxygen atoms in total. The molecule has 2 aromatic rings. The van der Waals surface area contributed by atoms with E-state index in [0.29, 0.717) is 23.6 Å². The largest absolute Gasteiger partial charge is 0.490 e. The third-order valence-electron chi connectivity index (χ3n) is 6.05. The number of aliphatic hydroxyl groups is 4. The van der Waals surface area contributed by atoms with Crippen molar-refractivity contribution in [2.75, 3.05) is 31.2 Å². The van der Waals surface area contributed by atoms with Gasteiger partial charge >= 0.3 is 0 Å². The monoisotopic (exact) mass is 449 g/mol. The second kappa shape index (κ2) is 9.32. The first-order valence-corrected chi connectivity index (χ1v) is 10.9. The van der Waals surface area contributed by atoms with Gasteiger partial charge in [-0.25, -0.2) is 0 Å². The number of anilines is 1. The van der Waals surface area contributed by atoms with Crippen LogP contribution in [0, 0.1) is 0 Å². The Labute approximate surface area is 186 Å². The van der Waals surface area contributed by atoms with E-state index in [-0.39, 0.29) is 0 Å². The summed E-state index contributed by atoms with van der Waals surface area (Å²) in [7, 11) is 0. The summed E-state index contributed by atoms with van der Waals surface area (Å²) in [4.78, 5) is 2.27. The molecule has 2 aromatic carbocycles. The van der Waals surface area contributed by atoms with Gasteiger partial charge in [0.05, 0.1) is 18.8 Å². The van der Waals surface area contributed by atoms with Crippen LogP contribution in [0.3, 0.4) is 0 Å². The van der Waals surface area contributed by atoms with Crippen LogP contribution in [0.2, 0.25) is 5.02 Å². The maximum Gasteiger partial charge on any atom is 0.142 e. The van der Waals surface area contributed by atoms with Gasteiger partial charge in [0, 0.05) is 11.6 Å². The standard InChI is InChI=1S/C23H28ClNO6/c1-2-25-7-8-30-18-6-3-13(10-17(18)25)9-15-11-14(4-5-16(15)24)23-22(29)21(28)20(27)19(12-26)31-23/h3-6,10-11,19-23,26-29H,2,7-9,12H2,1H3/t19-,20-,21+,22-,23+/m1/s1. The van der Waals surface area contributed by atoms with Gasteiger partial charge in [-0.05, 0) is 48.2 Å². The molecule has 0 spiro atoms. The zero-order chi connectivity index (χ0) is 22.1. The molecule has 2 aliphatic rings. The fraction of sp³-hybridized carbons (Fsp3) is 0.478. The van der Waals surface area contributed by atoms with Crippen LogP contribution in [0.1, 0.15) is 29.7 Å². The SMILES string of the molecule is CCN1CCOc2ccc(Cc3cc([C@@H]4O[C@H](CO)[C@@H](O)[C@H](O)[C@H]4O)ccc3Cl)cc21. The molecule has 0 aromatic heterocycles. The Hall–Kier alpha value is -1.87. The Kier molecular flexibility index (Phi) is 6.71. The van der Waals surface area contributed by atoms with Crippen LogP contribution in [0.4, 0.5) is 5.69 Å². The molecule has 0 radical (unpaired) electrons. The Morgan fingerprint density at radius 1 is 1.06 bits per heavy atom. The first kappa shape index (κ1) is 22.3. The number of rotatable bonds is 5. The van der Waals surface area contributed by atoms with Crippen molar-refractivity contribution in [2.24, 2.45) is 0 Å². The van der Waals surface area contributed by atoms with Gasteiger partial charge in [0.1, 0.15) is 42.9 Å². The third kappa shape index (κ3) is 4.39. The molecule has 2 aliphatic heterocycles. The van der Waals surface area contributed by atoms with Crippen LogP contribution in [-0.2, 0) is 11.2 Å². The molecule has 4 rings (SSSR count). The highest BCUT2D eigenvalue weighted by Crippen LogP contribution is 2.36. The van der Waals surface area contributed by atoms with Crippen molar-refractivity contribution in [3.63, 3.8) is 0 Å². The lowest BCUT2D eigenvalue weighted by Crippen LogP contribution is -2.55. The molecular formula is C23H28ClNO6. The van der Waals surface area contributed by atoms with Crippen LogP contribution in [-0.4, -0.2) is 71.1 Å². The molecule has 0 unspecified atom stereocenters. The predicted octanol–water partition coefficient (Wildman–Crippen LogP) is 1.66. The molecule has 1 fully saturated rings. The molecule has 5 atom stereocenters. The molecule has 0 aliphatic carbocycles. The maximum atomic E-state index is 10.4.